The van der Waals surface area contributed by atoms with Crippen LogP contribution in [0.15, 0.2) is 6.20 Å². The summed E-state index contributed by atoms with van der Waals surface area (Å²) < 4.78 is 0. The molecular weight excluding hydrogens is 284 g/mol. The molecule has 5 nitrogen and oxygen atoms in total. The SMILES string of the molecule is CNc1ncc(C(=O)N2CCCC(N3CCCC3)CC2)s1. The fourth-order valence-electron chi connectivity index (χ4n) is 3.40. The van der Waals surface area contributed by atoms with Crippen LogP contribution >= 0.6 is 11.3 Å². The van der Waals surface area contributed by atoms with E-state index >= 15 is 0 Å². The van der Waals surface area contributed by atoms with Gasteiger partial charge in [0.2, 0.25) is 0 Å². The first kappa shape index (κ1) is 14.8. The summed E-state index contributed by atoms with van der Waals surface area (Å²) in [6.45, 7) is 4.26. The maximum Gasteiger partial charge on any atom is 0.265 e. The predicted molar refractivity (Wildman–Crippen MR) is 86.0 cm³/mol. The Hall–Kier alpha value is -1.14. The van der Waals surface area contributed by atoms with Gasteiger partial charge in [0, 0.05) is 26.2 Å². The summed E-state index contributed by atoms with van der Waals surface area (Å²) in [5.41, 5.74) is 0. The summed E-state index contributed by atoms with van der Waals surface area (Å²) in [6.07, 6.45) is 7.84. The number of hydrogen-bond donors (Lipinski definition) is 1. The first-order chi connectivity index (χ1) is 10.3. The van der Waals surface area contributed by atoms with E-state index in [4.69, 9.17) is 0 Å². The van der Waals surface area contributed by atoms with Crippen LogP contribution in [0.1, 0.15) is 41.8 Å². The Morgan fingerprint density at radius 1 is 1.24 bits per heavy atom. The Kier molecular flexibility index (Phi) is 4.75. The van der Waals surface area contributed by atoms with Crippen molar-refractivity contribution >= 4 is 22.4 Å². The zero-order valence-corrected chi connectivity index (χ0v) is 13.5. The summed E-state index contributed by atoms with van der Waals surface area (Å²) in [5.74, 6) is 0.149. The van der Waals surface area contributed by atoms with Gasteiger partial charge < -0.3 is 15.1 Å². The van der Waals surface area contributed by atoms with Crippen LogP contribution in [0.3, 0.4) is 0 Å². The van der Waals surface area contributed by atoms with Crippen LogP contribution in [-0.2, 0) is 0 Å². The Morgan fingerprint density at radius 2 is 2.05 bits per heavy atom. The average molecular weight is 308 g/mol. The lowest BCUT2D eigenvalue weighted by Gasteiger charge is -2.26. The molecule has 1 N–H and O–H groups in total. The van der Waals surface area contributed by atoms with Crippen molar-refractivity contribution in [1.82, 2.24) is 14.8 Å². The summed E-state index contributed by atoms with van der Waals surface area (Å²) >= 11 is 1.44. The molecule has 0 spiro atoms. The summed E-state index contributed by atoms with van der Waals surface area (Å²) in [6, 6.07) is 0.680. The Labute approximate surface area is 130 Å². The molecule has 2 fully saturated rings. The largest absolute Gasteiger partial charge is 0.365 e. The monoisotopic (exact) mass is 308 g/mol. The number of rotatable bonds is 3. The van der Waals surface area contributed by atoms with E-state index < -0.39 is 0 Å². The van der Waals surface area contributed by atoms with Gasteiger partial charge in [0.1, 0.15) is 4.88 Å². The third-order valence-corrected chi connectivity index (χ3v) is 5.58. The molecule has 1 aromatic rings. The van der Waals surface area contributed by atoms with Crippen molar-refractivity contribution < 1.29 is 4.79 Å². The van der Waals surface area contributed by atoms with Crippen LogP contribution in [0.25, 0.3) is 0 Å². The zero-order chi connectivity index (χ0) is 14.7. The molecule has 2 aliphatic rings. The van der Waals surface area contributed by atoms with Gasteiger partial charge >= 0.3 is 0 Å². The molecule has 1 amide bonds. The van der Waals surface area contributed by atoms with Crippen LogP contribution in [-0.4, -0.2) is 60.0 Å². The minimum Gasteiger partial charge on any atom is -0.365 e. The summed E-state index contributed by atoms with van der Waals surface area (Å²) in [5, 5.41) is 3.80. The number of anilines is 1. The van der Waals surface area contributed by atoms with Gasteiger partial charge in [0.05, 0.1) is 6.20 Å². The second kappa shape index (κ2) is 6.75. The molecule has 1 unspecified atom stereocenters. The molecule has 0 radical (unpaired) electrons. The lowest BCUT2D eigenvalue weighted by atomic mass is 10.1. The van der Waals surface area contributed by atoms with Crippen molar-refractivity contribution in [2.24, 2.45) is 0 Å². The maximum atomic E-state index is 12.6. The van der Waals surface area contributed by atoms with Crippen LogP contribution in [0.5, 0.6) is 0 Å². The Bertz CT molecular complexity index is 484. The van der Waals surface area contributed by atoms with Crippen molar-refractivity contribution in [3.8, 4) is 0 Å². The number of carbonyl (C=O) groups excluding carboxylic acids is 1. The minimum atomic E-state index is 0.149. The van der Waals surface area contributed by atoms with Gasteiger partial charge in [0.25, 0.3) is 5.91 Å². The van der Waals surface area contributed by atoms with Gasteiger partial charge in [0.15, 0.2) is 5.13 Å². The molecule has 2 aliphatic heterocycles. The van der Waals surface area contributed by atoms with Crippen molar-refractivity contribution in [1.29, 1.82) is 0 Å². The fourth-order valence-corrected chi connectivity index (χ4v) is 4.14. The van der Waals surface area contributed by atoms with Crippen LogP contribution in [0, 0.1) is 0 Å². The number of amides is 1. The van der Waals surface area contributed by atoms with Crippen molar-refractivity contribution in [3.63, 3.8) is 0 Å². The quantitative estimate of drug-likeness (QED) is 0.930. The second-order valence-corrected chi connectivity index (χ2v) is 6.93. The molecule has 2 saturated heterocycles. The van der Waals surface area contributed by atoms with Gasteiger partial charge in [-0.15, -0.1) is 0 Å². The van der Waals surface area contributed by atoms with Crippen molar-refractivity contribution in [2.45, 2.75) is 38.1 Å². The van der Waals surface area contributed by atoms with Crippen LogP contribution in [0.2, 0.25) is 0 Å². The molecule has 1 aromatic heterocycles. The number of aromatic nitrogens is 1. The second-order valence-electron chi connectivity index (χ2n) is 5.90. The third-order valence-electron chi connectivity index (χ3n) is 4.57. The summed E-state index contributed by atoms with van der Waals surface area (Å²) in [7, 11) is 1.83. The number of hydrogen-bond acceptors (Lipinski definition) is 5. The van der Waals surface area contributed by atoms with E-state index in [0.29, 0.717) is 6.04 Å². The highest BCUT2D eigenvalue weighted by Crippen LogP contribution is 2.24. The van der Waals surface area contributed by atoms with Gasteiger partial charge in [-0.2, -0.15) is 0 Å². The standard InChI is InChI=1S/C15H24N4OS/c1-16-15-17-11-13(21-15)14(20)19-9-4-5-12(6-10-19)18-7-2-3-8-18/h11-12H,2-10H2,1H3,(H,16,17). The number of thiazole rings is 1. The smallest absolute Gasteiger partial charge is 0.265 e. The minimum absolute atomic E-state index is 0.149. The topological polar surface area (TPSA) is 48.5 Å². The molecule has 1 atom stereocenters. The number of nitrogens with one attached hydrogen (secondary N) is 1. The van der Waals surface area contributed by atoms with Gasteiger partial charge in [-0.1, -0.05) is 11.3 Å². The highest BCUT2D eigenvalue weighted by atomic mass is 32.1. The first-order valence-electron chi connectivity index (χ1n) is 7.95. The Balaban J connectivity index is 1.60. The molecule has 0 aliphatic carbocycles. The lowest BCUT2D eigenvalue weighted by Crippen LogP contribution is -2.35. The van der Waals surface area contributed by atoms with Gasteiger partial charge in [-0.25, -0.2) is 4.98 Å². The molecule has 21 heavy (non-hydrogen) atoms. The van der Waals surface area contributed by atoms with E-state index in [1.807, 2.05) is 11.9 Å². The molecule has 3 rings (SSSR count). The summed E-state index contributed by atoms with van der Waals surface area (Å²) in [4.78, 5) is 22.2. The molecule has 116 valence electrons. The average Bonchev–Trinajstić information content (AvgIpc) is 3.14. The number of carbonyl (C=O) groups is 1. The van der Waals surface area contributed by atoms with Crippen molar-refractivity contribution in [3.05, 3.63) is 11.1 Å². The molecule has 3 heterocycles. The fraction of sp³-hybridized carbons (Fsp3) is 0.733. The normalized spacial score (nSPS) is 24.0. The zero-order valence-electron chi connectivity index (χ0n) is 12.7. The van der Waals surface area contributed by atoms with Crippen LogP contribution < -0.4 is 5.32 Å². The van der Waals surface area contributed by atoms with E-state index in [9.17, 15) is 4.79 Å². The first-order valence-corrected chi connectivity index (χ1v) is 8.76. The van der Waals surface area contributed by atoms with E-state index in [0.717, 1.165) is 35.9 Å². The highest BCUT2D eigenvalue weighted by molar-refractivity contribution is 7.17. The molecule has 6 heteroatoms. The van der Waals surface area contributed by atoms with E-state index in [2.05, 4.69) is 15.2 Å². The third kappa shape index (κ3) is 3.37. The highest BCUT2D eigenvalue weighted by Gasteiger charge is 2.27. The predicted octanol–water partition coefficient (Wildman–Crippen LogP) is 2.28. The van der Waals surface area contributed by atoms with Gasteiger partial charge in [-0.3, -0.25) is 4.79 Å². The molecule has 0 aromatic carbocycles. The van der Waals surface area contributed by atoms with E-state index in [-0.39, 0.29) is 5.91 Å². The lowest BCUT2D eigenvalue weighted by molar-refractivity contribution is 0.0762. The van der Waals surface area contributed by atoms with E-state index in [1.54, 1.807) is 6.20 Å². The Morgan fingerprint density at radius 3 is 2.76 bits per heavy atom. The maximum absolute atomic E-state index is 12.6. The number of nitrogens with zero attached hydrogens (tertiary/aromatic N) is 3. The van der Waals surface area contributed by atoms with Crippen molar-refractivity contribution in [2.75, 3.05) is 38.5 Å². The molecule has 0 saturated carbocycles. The number of likely N-dealkylation sites (tertiary alicyclic amines) is 2. The van der Waals surface area contributed by atoms with Crippen LogP contribution in [0.4, 0.5) is 5.13 Å². The molecule has 0 bridgehead atoms. The molecular formula is C15H24N4OS. The van der Waals surface area contributed by atoms with Gasteiger partial charge in [-0.05, 0) is 45.2 Å². The van der Waals surface area contributed by atoms with E-state index in [1.165, 1.54) is 43.7 Å².